The molecule has 5 heteroatoms. The van der Waals surface area contributed by atoms with E-state index in [1.165, 1.54) is 6.42 Å². The maximum Gasteiger partial charge on any atom is 0.224 e. The fourth-order valence-electron chi connectivity index (χ4n) is 3.21. The third-order valence-electron chi connectivity index (χ3n) is 4.61. The molecule has 5 nitrogen and oxygen atoms in total. The van der Waals surface area contributed by atoms with E-state index in [9.17, 15) is 4.79 Å². The second-order valence-electron chi connectivity index (χ2n) is 7.35. The van der Waals surface area contributed by atoms with Crippen molar-refractivity contribution in [3.63, 3.8) is 0 Å². The quantitative estimate of drug-likeness (QED) is 0.886. The summed E-state index contributed by atoms with van der Waals surface area (Å²) in [4.78, 5) is 18.6. The molecule has 2 aromatic rings. The minimum atomic E-state index is 0.0869. The first-order chi connectivity index (χ1) is 11.5. The number of carbonyl (C=O) groups excluding carboxylic acids is 1. The van der Waals surface area contributed by atoms with E-state index in [4.69, 9.17) is 0 Å². The number of amides is 1. The molecule has 0 unspecified atom stereocenters. The summed E-state index contributed by atoms with van der Waals surface area (Å²) < 4.78 is 1.95. The summed E-state index contributed by atoms with van der Waals surface area (Å²) in [5, 5.41) is 3.03. The van der Waals surface area contributed by atoms with E-state index in [1.807, 2.05) is 35.0 Å². The van der Waals surface area contributed by atoms with Crippen LogP contribution in [0.15, 0.2) is 43.0 Å². The van der Waals surface area contributed by atoms with Gasteiger partial charge in [-0.2, -0.15) is 0 Å². The summed E-state index contributed by atoms with van der Waals surface area (Å²) in [5.74, 6) is 0.0869. The first-order valence-electron chi connectivity index (χ1n) is 8.58. The molecule has 1 N–H and O–H groups in total. The number of rotatable bonds is 6. The van der Waals surface area contributed by atoms with Gasteiger partial charge in [-0.15, -0.1) is 0 Å². The lowest BCUT2D eigenvalue weighted by molar-refractivity contribution is -0.120. The summed E-state index contributed by atoms with van der Waals surface area (Å²) >= 11 is 0. The van der Waals surface area contributed by atoms with Crippen molar-refractivity contribution in [2.45, 2.75) is 26.7 Å². The Morgan fingerprint density at radius 3 is 2.71 bits per heavy atom. The molecule has 1 saturated heterocycles. The van der Waals surface area contributed by atoms with Crippen LogP contribution in [0.3, 0.4) is 0 Å². The molecule has 1 aromatic heterocycles. The van der Waals surface area contributed by atoms with Crippen LogP contribution in [0.25, 0.3) is 5.69 Å². The average molecular weight is 326 g/mol. The van der Waals surface area contributed by atoms with Gasteiger partial charge in [-0.1, -0.05) is 26.0 Å². The summed E-state index contributed by atoms with van der Waals surface area (Å²) in [7, 11) is 0. The van der Waals surface area contributed by atoms with Crippen LogP contribution in [-0.4, -0.2) is 46.5 Å². The normalized spacial score (nSPS) is 17.1. The number of aromatic nitrogens is 2. The van der Waals surface area contributed by atoms with Gasteiger partial charge in [0.15, 0.2) is 0 Å². The van der Waals surface area contributed by atoms with Gasteiger partial charge in [-0.3, -0.25) is 4.79 Å². The van der Waals surface area contributed by atoms with Gasteiger partial charge in [0.05, 0.1) is 12.7 Å². The molecular weight excluding hydrogens is 300 g/mol. The van der Waals surface area contributed by atoms with Gasteiger partial charge in [-0.05, 0) is 36.1 Å². The zero-order valence-corrected chi connectivity index (χ0v) is 14.5. The lowest BCUT2D eigenvalue weighted by Crippen LogP contribution is -2.35. The molecular formula is C19H26N4O. The smallest absolute Gasteiger partial charge is 0.224 e. The fraction of sp³-hybridized carbons (Fsp3) is 0.474. The first kappa shape index (κ1) is 16.7. The van der Waals surface area contributed by atoms with E-state index < -0.39 is 0 Å². The van der Waals surface area contributed by atoms with Crippen molar-refractivity contribution in [3.05, 3.63) is 48.5 Å². The van der Waals surface area contributed by atoms with E-state index in [0.29, 0.717) is 11.8 Å². The minimum Gasteiger partial charge on any atom is -0.355 e. The highest BCUT2D eigenvalue weighted by molar-refractivity contribution is 5.78. The molecule has 1 aliphatic heterocycles. The molecule has 0 aliphatic carbocycles. The van der Waals surface area contributed by atoms with Gasteiger partial charge in [0.2, 0.25) is 5.91 Å². The number of carbonyl (C=O) groups is 1. The Bertz CT molecular complexity index is 661. The number of hydrogen-bond donors (Lipinski definition) is 1. The van der Waals surface area contributed by atoms with Gasteiger partial charge >= 0.3 is 0 Å². The van der Waals surface area contributed by atoms with Crippen molar-refractivity contribution < 1.29 is 4.79 Å². The van der Waals surface area contributed by atoms with Crippen LogP contribution in [0.1, 0.15) is 25.8 Å². The summed E-state index contributed by atoms with van der Waals surface area (Å²) in [6.07, 6.45) is 7.09. The summed E-state index contributed by atoms with van der Waals surface area (Å²) in [6.45, 7) is 8.53. The predicted molar refractivity (Wildman–Crippen MR) is 95.1 cm³/mol. The first-order valence-corrected chi connectivity index (χ1v) is 8.58. The van der Waals surface area contributed by atoms with Crippen molar-refractivity contribution in [2.75, 3.05) is 26.2 Å². The molecule has 0 atom stereocenters. The number of likely N-dealkylation sites (tertiary alicyclic amines) is 1. The third kappa shape index (κ3) is 4.45. The molecule has 1 amide bonds. The van der Waals surface area contributed by atoms with E-state index >= 15 is 0 Å². The highest BCUT2D eigenvalue weighted by Gasteiger charge is 2.28. The summed E-state index contributed by atoms with van der Waals surface area (Å²) in [5.41, 5.74) is 2.49. The van der Waals surface area contributed by atoms with Crippen LogP contribution < -0.4 is 5.32 Å². The fourth-order valence-corrected chi connectivity index (χ4v) is 3.21. The molecule has 1 fully saturated rings. The predicted octanol–water partition coefficient (Wildman–Crippen LogP) is 2.26. The van der Waals surface area contributed by atoms with Gasteiger partial charge < -0.3 is 14.8 Å². The number of benzene rings is 1. The second-order valence-corrected chi connectivity index (χ2v) is 7.35. The largest absolute Gasteiger partial charge is 0.355 e. The molecule has 2 heterocycles. The van der Waals surface area contributed by atoms with E-state index in [1.54, 1.807) is 12.5 Å². The van der Waals surface area contributed by atoms with Crippen molar-refractivity contribution in [1.82, 2.24) is 19.8 Å². The maximum absolute atomic E-state index is 12.1. The van der Waals surface area contributed by atoms with Crippen molar-refractivity contribution in [3.8, 4) is 5.69 Å². The van der Waals surface area contributed by atoms with E-state index in [-0.39, 0.29) is 5.91 Å². The van der Waals surface area contributed by atoms with Crippen LogP contribution in [0.4, 0.5) is 0 Å². The Hall–Kier alpha value is -2.14. The average Bonchev–Trinajstić information content (AvgIpc) is 3.18. The molecule has 1 aromatic carbocycles. The maximum atomic E-state index is 12.1. The van der Waals surface area contributed by atoms with Crippen molar-refractivity contribution >= 4 is 5.91 Å². The van der Waals surface area contributed by atoms with E-state index in [2.05, 4.69) is 29.0 Å². The van der Waals surface area contributed by atoms with Gasteiger partial charge in [0.1, 0.15) is 0 Å². The molecule has 24 heavy (non-hydrogen) atoms. The summed E-state index contributed by atoms with van der Waals surface area (Å²) in [6, 6.07) is 8.02. The monoisotopic (exact) mass is 326 g/mol. The molecule has 0 radical (unpaired) electrons. The van der Waals surface area contributed by atoms with Crippen LogP contribution in [0.5, 0.6) is 0 Å². The Labute approximate surface area is 143 Å². The number of imidazole rings is 1. The zero-order chi connectivity index (χ0) is 17.0. The third-order valence-corrected chi connectivity index (χ3v) is 4.61. The van der Waals surface area contributed by atoms with Gasteiger partial charge in [-0.25, -0.2) is 4.98 Å². The molecule has 0 spiro atoms. The highest BCUT2D eigenvalue weighted by atomic mass is 16.1. The lowest BCUT2D eigenvalue weighted by atomic mass is 9.93. The molecule has 3 rings (SSSR count). The second kappa shape index (κ2) is 7.18. The number of nitrogens with zero attached hydrogens (tertiary/aromatic N) is 3. The minimum absolute atomic E-state index is 0.0869. The lowest BCUT2D eigenvalue weighted by Gasteiger charge is -2.19. The van der Waals surface area contributed by atoms with Crippen molar-refractivity contribution in [2.24, 2.45) is 5.41 Å². The molecule has 1 aliphatic rings. The Morgan fingerprint density at radius 1 is 1.29 bits per heavy atom. The number of hydrogen-bond acceptors (Lipinski definition) is 3. The van der Waals surface area contributed by atoms with Gasteiger partial charge in [0, 0.05) is 37.7 Å². The molecule has 128 valence electrons. The zero-order valence-electron chi connectivity index (χ0n) is 14.5. The molecule has 0 saturated carbocycles. The SMILES string of the molecule is CC1(C)CCN(CCNC(=O)Cc2ccc(-n3ccnc3)cc2)C1. The van der Waals surface area contributed by atoms with Crippen LogP contribution >= 0.6 is 0 Å². The highest BCUT2D eigenvalue weighted by Crippen LogP contribution is 2.28. The number of nitrogens with one attached hydrogen (secondary N) is 1. The topological polar surface area (TPSA) is 50.2 Å². The van der Waals surface area contributed by atoms with Crippen LogP contribution in [0, 0.1) is 5.41 Å². The molecule has 0 bridgehead atoms. The van der Waals surface area contributed by atoms with E-state index in [0.717, 1.165) is 37.4 Å². The van der Waals surface area contributed by atoms with Crippen LogP contribution in [0.2, 0.25) is 0 Å². The van der Waals surface area contributed by atoms with Crippen LogP contribution in [-0.2, 0) is 11.2 Å². The standard InChI is InChI=1S/C19H26N4O/c1-19(2)7-10-22(14-19)11-9-21-18(24)13-16-3-5-17(6-4-16)23-12-8-20-15-23/h3-6,8,12,15H,7,9-11,13-14H2,1-2H3,(H,21,24). The van der Waals surface area contributed by atoms with Crippen molar-refractivity contribution in [1.29, 1.82) is 0 Å². The van der Waals surface area contributed by atoms with Gasteiger partial charge in [0.25, 0.3) is 0 Å². The Balaban J connectivity index is 1.42. The Kier molecular flexibility index (Phi) is 5.00. The Morgan fingerprint density at radius 2 is 2.08 bits per heavy atom.